The first-order chi connectivity index (χ1) is 21.4. The van der Waals surface area contributed by atoms with Crippen LogP contribution in [0.25, 0.3) is 0 Å². The van der Waals surface area contributed by atoms with Gasteiger partial charge in [0.1, 0.15) is 12.1 Å². The number of methoxy groups -OCH3 is 1. The molecule has 0 aliphatic heterocycles. The Labute approximate surface area is 277 Å². The lowest BCUT2D eigenvalue weighted by molar-refractivity contribution is -0.133. The molecule has 0 aliphatic rings. The van der Waals surface area contributed by atoms with Crippen molar-refractivity contribution in [3.8, 4) is 0 Å². The molecule has 46 heavy (non-hydrogen) atoms. The van der Waals surface area contributed by atoms with Gasteiger partial charge in [-0.2, -0.15) is 0 Å². The molecule has 1 heterocycles. The van der Waals surface area contributed by atoms with Crippen molar-refractivity contribution in [2.24, 2.45) is 29.6 Å². The second-order valence-electron chi connectivity index (χ2n) is 13.2. The van der Waals surface area contributed by atoms with Crippen LogP contribution >= 0.6 is 11.3 Å². The zero-order valence-corrected chi connectivity index (χ0v) is 29.9. The first-order valence-corrected chi connectivity index (χ1v) is 16.9. The summed E-state index contributed by atoms with van der Waals surface area (Å²) >= 11 is 1.45. The number of aryl methyl sites for hydroxylation is 1. The molecule has 0 aliphatic carbocycles. The number of nitrogens with one attached hydrogen (secondary N) is 5. The Hall–Kier alpha value is -3.26. The summed E-state index contributed by atoms with van der Waals surface area (Å²) in [7, 11) is 1.19. The van der Waals surface area contributed by atoms with Crippen molar-refractivity contribution >= 4 is 41.1 Å². The third kappa shape index (κ3) is 14.9. The molecule has 0 fully saturated rings. The van der Waals surface area contributed by atoms with Crippen molar-refractivity contribution in [1.82, 2.24) is 31.6 Å². The lowest BCUT2D eigenvalue weighted by Crippen LogP contribution is -2.57. The summed E-state index contributed by atoms with van der Waals surface area (Å²) < 4.78 is 4.63. The first kappa shape index (κ1) is 40.8. The van der Waals surface area contributed by atoms with E-state index in [2.05, 4.69) is 36.3 Å². The Morgan fingerprint density at radius 1 is 0.804 bits per heavy atom. The molecule has 1 aromatic rings. The van der Waals surface area contributed by atoms with E-state index in [9.17, 15) is 29.1 Å². The number of nitrogens with zero attached hydrogens (tertiary/aromatic N) is 1. The van der Waals surface area contributed by atoms with Gasteiger partial charge >= 0.3 is 6.09 Å². The number of rotatable bonds is 19. The predicted molar refractivity (Wildman–Crippen MR) is 178 cm³/mol. The third-order valence-corrected chi connectivity index (χ3v) is 8.34. The quantitative estimate of drug-likeness (QED) is 0.130. The Bertz CT molecular complexity index is 1140. The number of aliphatic hydroxyl groups excluding tert-OH is 1. The molecule has 0 bridgehead atoms. The van der Waals surface area contributed by atoms with Crippen molar-refractivity contribution in [3.05, 3.63) is 16.1 Å². The molecular formula is C32H56N6O7S. The topological polar surface area (TPSA) is 188 Å². The molecule has 5 amide bonds. The average molecular weight is 669 g/mol. The normalized spacial score (nSPS) is 15.3. The first-order valence-electron chi connectivity index (χ1n) is 16.0. The maximum atomic E-state index is 13.5. The third-order valence-electron chi connectivity index (χ3n) is 7.36. The number of aromatic nitrogens is 1. The van der Waals surface area contributed by atoms with Gasteiger partial charge in [-0.05, 0) is 37.5 Å². The number of carbonyl (C=O) groups is 5. The van der Waals surface area contributed by atoms with Crippen LogP contribution in [0.2, 0.25) is 0 Å². The minimum atomic E-state index is -1.16. The number of ether oxygens (including phenoxy) is 1. The smallest absolute Gasteiger partial charge is 0.406 e. The summed E-state index contributed by atoms with van der Waals surface area (Å²) in [6.07, 6.45) is -1.09. The number of carbonyl (C=O) groups excluding carboxylic acids is 5. The lowest BCUT2D eigenvalue weighted by atomic mass is 9.91. The standard InChI is InChI=1S/C32H56N6O7S/c1-17(2)11-23(25(39)12-20(7)29(41)38-27(19(5)6)31(43)33-14-18(3)4)36-30(42)24(15-34-32(44)45-10)37-28(40)21(8)13-26-35-22(9)16-46-26/h16-21,23-25,27,39H,11-15H2,1-10H3,(H,33,43)(H,34,44)(H,36,42)(H,37,40)(H,38,41)/t20-,21+,23+,24?,25+,27+/m1/s1. The zero-order valence-electron chi connectivity index (χ0n) is 29.1. The minimum absolute atomic E-state index is 0.0175. The molecule has 0 radical (unpaired) electrons. The molecule has 1 rings (SSSR count). The van der Waals surface area contributed by atoms with Gasteiger partial charge in [0.2, 0.25) is 23.6 Å². The van der Waals surface area contributed by atoms with Crippen LogP contribution in [0, 0.1) is 36.5 Å². The summed E-state index contributed by atoms with van der Waals surface area (Å²) in [5.74, 6) is -2.65. The van der Waals surface area contributed by atoms with E-state index in [0.717, 1.165) is 10.7 Å². The van der Waals surface area contributed by atoms with Gasteiger partial charge < -0.3 is 36.4 Å². The van der Waals surface area contributed by atoms with Gasteiger partial charge in [-0.3, -0.25) is 19.2 Å². The van der Waals surface area contributed by atoms with Gasteiger partial charge in [-0.25, -0.2) is 9.78 Å². The van der Waals surface area contributed by atoms with Crippen LogP contribution < -0.4 is 26.6 Å². The highest BCUT2D eigenvalue weighted by Gasteiger charge is 2.32. The summed E-state index contributed by atoms with van der Waals surface area (Å²) in [6.45, 7) is 17.0. The maximum absolute atomic E-state index is 13.5. The van der Waals surface area contributed by atoms with Gasteiger partial charge in [-0.15, -0.1) is 11.3 Å². The summed E-state index contributed by atoms with van der Waals surface area (Å²) in [6, 6.07) is -2.65. The van der Waals surface area contributed by atoms with Crippen molar-refractivity contribution in [1.29, 1.82) is 0 Å². The number of amides is 5. The number of alkyl carbamates (subject to hydrolysis) is 1. The van der Waals surface area contributed by atoms with Crippen molar-refractivity contribution < 1.29 is 33.8 Å². The molecule has 262 valence electrons. The number of aliphatic hydroxyl groups is 1. The fourth-order valence-corrected chi connectivity index (χ4v) is 5.52. The maximum Gasteiger partial charge on any atom is 0.406 e. The van der Waals surface area contributed by atoms with E-state index in [1.807, 2.05) is 53.8 Å². The van der Waals surface area contributed by atoms with E-state index in [-0.39, 0.29) is 42.5 Å². The summed E-state index contributed by atoms with van der Waals surface area (Å²) in [4.78, 5) is 68.6. The predicted octanol–water partition coefficient (Wildman–Crippen LogP) is 2.30. The van der Waals surface area contributed by atoms with Crippen molar-refractivity contribution in [3.63, 3.8) is 0 Å². The molecule has 6 N–H and O–H groups in total. The summed E-state index contributed by atoms with van der Waals surface area (Å²) in [5, 5.41) is 27.6. The minimum Gasteiger partial charge on any atom is -0.453 e. The van der Waals surface area contributed by atoms with Crippen LogP contribution in [0.15, 0.2) is 5.38 Å². The second-order valence-corrected chi connectivity index (χ2v) is 14.2. The van der Waals surface area contributed by atoms with E-state index in [1.54, 1.807) is 13.8 Å². The Kier molecular flexibility index (Phi) is 17.8. The van der Waals surface area contributed by atoms with Gasteiger partial charge in [0, 0.05) is 35.9 Å². The summed E-state index contributed by atoms with van der Waals surface area (Å²) in [5.41, 5.74) is 0.862. The highest BCUT2D eigenvalue weighted by molar-refractivity contribution is 7.09. The number of hydrogen-bond acceptors (Lipinski definition) is 9. The van der Waals surface area contributed by atoms with Crippen LogP contribution in [-0.2, 0) is 30.3 Å². The van der Waals surface area contributed by atoms with E-state index < -0.39 is 54.0 Å². The molecular weight excluding hydrogens is 612 g/mol. The highest BCUT2D eigenvalue weighted by atomic mass is 32.1. The largest absolute Gasteiger partial charge is 0.453 e. The van der Waals surface area contributed by atoms with Crippen LogP contribution in [-0.4, -0.2) is 84.2 Å². The average Bonchev–Trinajstić information content (AvgIpc) is 3.39. The van der Waals surface area contributed by atoms with E-state index >= 15 is 0 Å². The van der Waals surface area contributed by atoms with Gasteiger partial charge in [-0.1, -0.05) is 55.4 Å². The Morgan fingerprint density at radius 3 is 1.96 bits per heavy atom. The van der Waals surface area contributed by atoms with Crippen molar-refractivity contribution in [2.75, 3.05) is 20.2 Å². The van der Waals surface area contributed by atoms with E-state index in [0.29, 0.717) is 19.4 Å². The van der Waals surface area contributed by atoms with Crippen LogP contribution in [0.3, 0.4) is 0 Å². The molecule has 0 saturated carbocycles. The second kappa shape index (κ2) is 20.1. The van der Waals surface area contributed by atoms with Crippen LogP contribution in [0.4, 0.5) is 4.79 Å². The Balaban J connectivity index is 3.00. The molecule has 1 aromatic heterocycles. The molecule has 0 spiro atoms. The van der Waals surface area contributed by atoms with Crippen molar-refractivity contribution in [2.45, 2.75) is 106 Å². The molecule has 0 saturated heterocycles. The highest BCUT2D eigenvalue weighted by Crippen LogP contribution is 2.17. The molecule has 14 heteroatoms. The monoisotopic (exact) mass is 668 g/mol. The molecule has 0 aromatic carbocycles. The molecule has 13 nitrogen and oxygen atoms in total. The lowest BCUT2D eigenvalue weighted by Gasteiger charge is -2.30. The van der Waals surface area contributed by atoms with E-state index in [1.165, 1.54) is 18.4 Å². The molecule has 6 atom stereocenters. The zero-order chi connectivity index (χ0) is 35.1. The number of thiazole rings is 1. The van der Waals surface area contributed by atoms with Gasteiger partial charge in [0.25, 0.3) is 0 Å². The molecule has 1 unspecified atom stereocenters. The van der Waals surface area contributed by atoms with Crippen LogP contribution in [0.5, 0.6) is 0 Å². The van der Waals surface area contributed by atoms with E-state index in [4.69, 9.17) is 0 Å². The van der Waals surface area contributed by atoms with Crippen LogP contribution in [0.1, 0.15) is 78.9 Å². The SMILES string of the molecule is COC(=O)NCC(NC(=O)[C@@H](C)Cc1nc(C)cs1)C(=O)N[C@@H](CC(C)C)[C@@H](O)C[C@@H](C)C(=O)N[C@H](C(=O)NCC(C)C)C(C)C. The fourth-order valence-electron chi connectivity index (χ4n) is 4.61. The Morgan fingerprint density at radius 2 is 1.43 bits per heavy atom. The van der Waals surface area contributed by atoms with Gasteiger partial charge in [0.15, 0.2) is 0 Å². The van der Waals surface area contributed by atoms with Gasteiger partial charge in [0.05, 0.1) is 30.8 Å². The number of hydrogen-bond donors (Lipinski definition) is 6. The fraction of sp³-hybridized carbons (Fsp3) is 0.750.